The van der Waals surface area contributed by atoms with Crippen LogP contribution in [0.2, 0.25) is 0 Å². The molecule has 1 atom stereocenters. The maximum absolute atomic E-state index is 11.2. The van der Waals surface area contributed by atoms with Gasteiger partial charge in [0, 0.05) is 12.0 Å². The third kappa shape index (κ3) is 1.92. The average molecular weight is 233 g/mol. The molecule has 1 N–H and O–H groups in total. The molecule has 0 bridgehead atoms. The summed E-state index contributed by atoms with van der Waals surface area (Å²) in [5.74, 6) is 0. The van der Waals surface area contributed by atoms with Crippen LogP contribution in [0.1, 0.15) is 39.0 Å². The molecule has 1 unspecified atom stereocenters. The van der Waals surface area contributed by atoms with E-state index in [9.17, 15) is 8.42 Å². The molecule has 15 heavy (non-hydrogen) atoms. The minimum absolute atomic E-state index is 0.0499. The Hall–Kier alpha value is -0.130. The van der Waals surface area contributed by atoms with Gasteiger partial charge >= 0.3 is 0 Å². The quantitative estimate of drug-likeness (QED) is 0.729. The van der Waals surface area contributed by atoms with E-state index >= 15 is 0 Å². The highest BCUT2D eigenvalue weighted by molar-refractivity contribution is 7.86. The van der Waals surface area contributed by atoms with Gasteiger partial charge in [-0.2, -0.15) is 8.42 Å². The SMILES string of the molecule is CC1(OS(C)(=O)=O)NCC12CCCCC2. The number of rotatable bonds is 2. The van der Waals surface area contributed by atoms with Gasteiger partial charge in [-0.1, -0.05) is 19.3 Å². The molecular formula is C10H19NO3S. The van der Waals surface area contributed by atoms with Gasteiger partial charge in [-0.05, 0) is 19.8 Å². The van der Waals surface area contributed by atoms with Gasteiger partial charge in [0.25, 0.3) is 10.1 Å². The summed E-state index contributed by atoms with van der Waals surface area (Å²) in [5, 5.41) is 3.14. The molecule has 2 rings (SSSR count). The molecule has 5 heteroatoms. The fourth-order valence-corrected chi connectivity index (χ4v) is 3.73. The van der Waals surface area contributed by atoms with Crippen LogP contribution >= 0.6 is 0 Å². The lowest BCUT2D eigenvalue weighted by Gasteiger charge is -2.58. The monoisotopic (exact) mass is 233 g/mol. The second kappa shape index (κ2) is 3.43. The van der Waals surface area contributed by atoms with Gasteiger partial charge in [-0.3, -0.25) is 5.32 Å². The van der Waals surface area contributed by atoms with Crippen LogP contribution in [0.3, 0.4) is 0 Å². The first-order valence-electron chi connectivity index (χ1n) is 5.53. The fourth-order valence-electron chi connectivity index (χ4n) is 2.89. The van der Waals surface area contributed by atoms with Crippen LogP contribution in [0.25, 0.3) is 0 Å². The predicted molar refractivity (Wildman–Crippen MR) is 57.9 cm³/mol. The van der Waals surface area contributed by atoms with Crippen LogP contribution in [0.5, 0.6) is 0 Å². The summed E-state index contributed by atoms with van der Waals surface area (Å²) in [5.41, 5.74) is -0.616. The minimum Gasteiger partial charge on any atom is -0.287 e. The lowest BCUT2D eigenvalue weighted by Crippen LogP contribution is -2.73. The van der Waals surface area contributed by atoms with Crippen molar-refractivity contribution >= 4 is 10.1 Å². The zero-order chi connectivity index (χ0) is 11.2. The van der Waals surface area contributed by atoms with Crippen molar-refractivity contribution in [3.8, 4) is 0 Å². The third-order valence-electron chi connectivity index (χ3n) is 3.90. The van der Waals surface area contributed by atoms with Crippen molar-refractivity contribution in [3.63, 3.8) is 0 Å². The molecule has 2 aliphatic rings. The molecular weight excluding hydrogens is 214 g/mol. The first kappa shape index (κ1) is 11.4. The van der Waals surface area contributed by atoms with E-state index in [4.69, 9.17) is 4.18 Å². The van der Waals surface area contributed by atoms with Crippen LogP contribution in [0.4, 0.5) is 0 Å². The number of hydrogen-bond donors (Lipinski definition) is 1. The van der Waals surface area contributed by atoms with Gasteiger partial charge in [-0.15, -0.1) is 0 Å². The molecule has 0 aromatic carbocycles. The van der Waals surface area contributed by atoms with E-state index in [0.717, 1.165) is 25.6 Å². The van der Waals surface area contributed by atoms with Gasteiger partial charge < -0.3 is 0 Å². The smallest absolute Gasteiger partial charge is 0.266 e. The number of nitrogens with one attached hydrogen (secondary N) is 1. The molecule has 4 nitrogen and oxygen atoms in total. The molecule has 1 aliphatic heterocycles. The Bertz CT molecular complexity index is 346. The van der Waals surface area contributed by atoms with E-state index in [1.54, 1.807) is 0 Å². The van der Waals surface area contributed by atoms with E-state index in [-0.39, 0.29) is 5.41 Å². The Balaban J connectivity index is 2.15. The van der Waals surface area contributed by atoms with E-state index in [2.05, 4.69) is 5.32 Å². The second-order valence-corrected chi connectivity index (χ2v) is 6.59. The van der Waals surface area contributed by atoms with Gasteiger partial charge in [0.05, 0.1) is 6.26 Å². The van der Waals surface area contributed by atoms with E-state index in [1.807, 2.05) is 6.92 Å². The van der Waals surface area contributed by atoms with Crippen LogP contribution in [-0.4, -0.2) is 26.9 Å². The molecule has 1 saturated carbocycles. The largest absolute Gasteiger partial charge is 0.287 e. The van der Waals surface area contributed by atoms with Gasteiger partial charge in [-0.25, -0.2) is 4.18 Å². The topological polar surface area (TPSA) is 55.4 Å². The molecule has 0 aromatic heterocycles. The highest BCUT2D eigenvalue weighted by Gasteiger charge is 2.58. The van der Waals surface area contributed by atoms with Crippen molar-refractivity contribution in [1.82, 2.24) is 5.32 Å². The highest BCUT2D eigenvalue weighted by atomic mass is 32.2. The summed E-state index contributed by atoms with van der Waals surface area (Å²) in [7, 11) is -3.38. The van der Waals surface area contributed by atoms with Crippen molar-refractivity contribution in [2.24, 2.45) is 5.41 Å². The highest BCUT2D eigenvalue weighted by Crippen LogP contribution is 2.51. The zero-order valence-electron chi connectivity index (χ0n) is 9.38. The summed E-state index contributed by atoms with van der Waals surface area (Å²) in [6.07, 6.45) is 6.90. The standard InChI is InChI=1S/C10H19NO3S/c1-9(14-15(2,12)13)10(8-11-9)6-4-3-5-7-10/h11H,3-8H2,1-2H3. The Morgan fingerprint density at radius 2 is 1.80 bits per heavy atom. The molecule has 0 amide bonds. The summed E-state index contributed by atoms with van der Waals surface area (Å²) in [6, 6.07) is 0. The van der Waals surface area contributed by atoms with Gasteiger partial charge in [0.2, 0.25) is 0 Å². The lowest BCUT2D eigenvalue weighted by molar-refractivity contribution is -0.160. The summed E-state index contributed by atoms with van der Waals surface area (Å²) >= 11 is 0. The summed E-state index contributed by atoms with van der Waals surface area (Å²) in [6.45, 7) is 2.75. The van der Waals surface area contributed by atoms with Crippen LogP contribution in [-0.2, 0) is 14.3 Å². The molecule has 0 radical (unpaired) electrons. The minimum atomic E-state index is -3.38. The first-order valence-corrected chi connectivity index (χ1v) is 7.34. The van der Waals surface area contributed by atoms with Crippen molar-refractivity contribution in [2.75, 3.05) is 12.8 Å². The van der Waals surface area contributed by atoms with Crippen LogP contribution in [0.15, 0.2) is 0 Å². The van der Waals surface area contributed by atoms with E-state index in [1.165, 1.54) is 19.3 Å². The van der Waals surface area contributed by atoms with Crippen molar-refractivity contribution in [2.45, 2.75) is 44.8 Å². The molecule has 88 valence electrons. The normalized spacial score (nSPS) is 35.1. The molecule has 0 aromatic rings. The predicted octanol–water partition coefficient (Wildman–Crippen LogP) is 1.23. The average Bonchev–Trinajstić information content (AvgIpc) is 2.15. The van der Waals surface area contributed by atoms with Crippen molar-refractivity contribution in [1.29, 1.82) is 0 Å². The van der Waals surface area contributed by atoms with Gasteiger partial charge in [0.15, 0.2) is 0 Å². The Morgan fingerprint density at radius 3 is 2.20 bits per heavy atom. The second-order valence-electron chi connectivity index (χ2n) is 5.02. The molecule has 2 fully saturated rings. The maximum atomic E-state index is 11.2. The molecule has 1 saturated heterocycles. The summed E-state index contributed by atoms with van der Waals surface area (Å²) < 4.78 is 27.6. The van der Waals surface area contributed by atoms with Crippen molar-refractivity contribution < 1.29 is 12.6 Å². The van der Waals surface area contributed by atoms with Gasteiger partial charge in [0.1, 0.15) is 5.72 Å². The van der Waals surface area contributed by atoms with E-state index in [0.29, 0.717) is 0 Å². The third-order valence-corrected chi connectivity index (χ3v) is 4.54. The first-order chi connectivity index (χ1) is 6.87. The van der Waals surface area contributed by atoms with Crippen molar-refractivity contribution in [3.05, 3.63) is 0 Å². The van der Waals surface area contributed by atoms with Crippen LogP contribution < -0.4 is 5.32 Å². The maximum Gasteiger partial charge on any atom is 0.266 e. The summed E-state index contributed by atoms with van der Waals surface area (Å²) in [4.78, 5) is 0. The molecule has 1 spiro atoms. The Kier molecular flexibility index (Phi) is 2.60. The molecule has 1 aliphatic carbocycles. The van der Waals surface area contributed by atoms with E-state index < -0.39 is 15.8 Å². The fraction of sp³-hybridized carbons (Fsp3) is 1.00. The Labute approximate surface area is 91.5 Å². The van der Waals surface area contributed by atoms with Crippen LogP contribution in [0, 0.1) is 5.41 Å². The molecule has 1 heterocycles. The number of hydrogen-bond acceptors (Lipinski definition) is 4. The zero-order valence-corrected chi connectivity index (χ0v) is 10.2. The lowest BCUT2D eigenvalue weighted by atomic mass is 9.62. The Morgan fingerprint density at radius 1 is 1.20 bits per heavy atom.